The molecule has 4 rings (SSSR count). The Bertz CT molecular complexity index is 1160. The number of aromatic nitrogens is 2. The maximum absolute atomic E-state index is 12.6. The fraction of sp³-hybridized carbons (Fsp3) is 0.423. The Labute approximate surface area is 197 Å². The maximum Gasteiger partial charge on any atom is 0.231 e. The summed E-state index contributed by atoms with van der Waals surface area (Å²) in [4.78, 5) is 21.6. The van der Waals surface area contributed by atoms with Gasteiger partial charge in [0.25, 0.3) is 0 Å². The van der Waals surface area contributed by atoms with Crippen molar-refractivity contribution in [3.8, 4) is 11.1 Å². The highest BCUT2D eigenvalue weighted by Crippen LogP contribution is 2.48. The number of hydrogen-bond donors (Lipinski definition) is 2. The fourth-order valence-electron chi connectivity index (χ4n) is 4.10. The summed E-state index contributed by atoms with van der Waals surface area (Å²) in [7, 11) is -1.80. The molecule has 2 atom stereocenters. The van der Waals surface area contributed by atoms with Gasteiger partial charge in [-0.3, -0.25) is 14.8 Å². The van der Waals surface area contributed by atoms with E-state index in [0.29, 0.717) is 25.3 Å². The molecule has 3 aromatic rings. The van der Waals surface area contributed by atoms with Gasteiger partial charge in [-0.1, -0.05) is 51.1 Å². The van der Waals surface area contributed by atoms with Gasteiger partial charge in [-0.15, -0.1) is 0 Å². The predicted molar refractivity (Wildman–Crippen MR) is 135 cm³/mol. The van der Waals surface area contributed by atoms with Gasteiger partial charge in [0.05, 0.1) is 5.69 Å². The molecular weight excluding hydrogens is 428 g/mol. The van der Waals surface area contributed by atoms with E-state index in [2.05, 4.69) is 61.3 Å². The summed E-state index contributed by atoms with van der Waals surface area (Å²) < 4.78 is 6.27. The molecule has 0 saturated heterocycles. The molecule has 174 valence electrons. The number of carbonyl (C=O) groups excluding carboxylic acids is 1. The molecule has 1 aliphatic rings. The number of primary amides is 1. The zero-order valence-electron chi connectivity index (χ0n) is 20.2. The second-order valence-electron chi connectivity index (χ2n) is 10.5. The van der Waals surface area contributed by atoms with Crippen molar-refractivity contribution < 1.29 is 9.22 Å². The molecule has 0 spiro atoms. The largest absolute Gasteiger partial charge is 0.416 e. The quantitative estimate of drug-likeness (QED) is 0.382. The molecule has 1 amide bonds. The third kappa shape index (κ3) is 4.45. The van der Waals surface area contributed by atoms with Crippen molar-refractivity contribution in [2.24, 2.45) is 5.73 Å². The van der Waals surface area contributed by atoms with E-state index in [1.807, 2.05) is 30.5 Å². The van der Waals surface area contributed by atoms with Crippen molar-refractivity contribution in [2.75, 3.05) is 13.2 Å². The lowest BCUT2D eigenvalue weighted by Crippen LogP contribution is -2.43. The van der Waals surface area contributed by atoms with E-state index in [0.717, 1.165) is 21.9 Å². The number of amides is 1. The van der Waals surface area contributed by atoms with Crippen LogP contribution in [-0.2, 0) is 14.6 Å². The molecule has 6 nitrogen and oxygen atoms in total. The summed E-state index contributed by atoms with van der Waals surface area (Å²) in [5.74, 6) is -0.340. The summed E-state index contributed by atoms with van der Waals surface area (Å²) >= 11 is 0. The minimum absolute atomic E-state index is 0.0371. The van der Waals surface area contributed by atoms with Crippen molar-refractivity contribution >= 4 is 25.0 Å². The fourth-order valence-corrected chi connectivity index (χ4v) is 5.15. The average molecular weight is 463 g/mol. The van der Waals surface area contributed by atoms with Crippen LogP contribution in [0, 0.1) is 0 Å². The van der Waals surface area contributed by atoms with Gasteiger partial charge >= 0.3 is 0 Å². The van der Waals surface area contributed by atoms with Crippen molar-refractivity contribution in [1.29, 1.82) is 0 Å². The molecule has 0 radical (unpaired) electrons. The summed E-state index contributed by atoms with van der Waals surface area (Å²) in [5, 5.41) is 5.62. The van der Waals surface area contributed by atoms with Crippen molar-refractivity contribution in [3.63, 3.8) is 0 Å². The van der Waals surface area contributed by atoms with Crippen LogP contribution in [0.15, 0.2) is 55.0 Å². The van der Waals surface area contributed by atoms with Crippen LogP contribution in [0.2, 0.25) is 18.1 Å². The lowest BCUT2D eigenvalue weighted by atomic mass is 9.95. The molecule has 3 N–H and O–H groups in total. The van der Waals surface area contributed by atoms with Crippen molar-refractivity contribution in [1.82, 2.24) is 15.3 Å². The van der Waals surface area contributed by atoms with Crippen LogP contribution in [0.1, 0.15) is 32.9 Å². The molecule has 1 aliphatic carbocycles. The highest BCUT2D eigenvalue weighted by molar-refractivity contribution is 6.74. The Morgan fingerprint density at radius 2 is 1.94 bits per heavy atom. The first-order valence-corrected chi connectivity index (χ1v) is 14.4. The molecule has 0 bridgehead atoms. The third-order valence-corrected chi connectivity index (χ3v) is 11.9. The van der Waals surface area contributed by atoms with Gasteiger partial charge in [0.1, 0.15) is 5.41 Å². The van der Waals surface area contributed by atoms with Crippen molar-refractivity contribution in [2.45, 2.75) is 56.8 Å². The van der Waals surface area contributed by atoms with E-state index >= 15 is 0 Å². The number of hydrogen-bond acceptors (Lipinski definition) is 5. The second kappa shape index (κ2) is 8.63. The Balaban J connectivity index is 1.54. The molecule has 2 heterocycles. The molecule has 33 heavy (non-hydrogen) atoms. The molecule has 2 aromatic heterocycles. The van der Waals surface area contributed by atoms with Crippen LogP contribution in [0.25, 0.3) is 21.9 Å². The number of rotatable bonds is 8. The molecule has 0 aliphatic heterocycles. The highest BCUT2D eigenvalue weighted by atomic mass is 28.4. The topological polar surface area (TPSA) is 90.1 Å². The Morgan fingerprint density at radius 1 is 1.21 bits per heavy atom. The van der Waals surface area contributed by atoms with Crippen LogP contribution in [0.4, 0.5) is 0 Å². The van der Waals surface area contributed by atoms with Gasteiger partial charge in [-0.2, -0.15) is 0 Å². The Hall–Kier alpha value is -2.61. The number of carbonyl (C=O) groups is 1. The van der Waals surface area contributed by atoms with Gasteiger partial charge in [-0.25, -0.2) is 0 Å². The second-order valence-corrected chi connectivity index (χ2v) is 15.3. The normalized spacial score (nSPS) is 20.7. The first-order chi connectivity index (χ1) is 15.6. The minimum atomic E-state index is -1.80. The Morgan fingerprint density at radius 3 is 2.61 bits per heavy atom. The van der Waals surface area contributed by atoms with Crippen LogP contribution in [-0.4, -0.2) is 43.4 Å². The number of benzene rings is 1. The lowest BCUT2D eigenvalue weighted by Gasteiger charge is -2.36. The van der Waals surface area contributed by atoms with Gasteiger partial charge < -0.3 is 15.5 Å². The molecule has 1 fully saturated rings. The van der Waals surface area contributed by atoms with E-state index in [1.54, 1.807) is 12.4 Å². The maximum atomic E-state index is 12.6. The molecule has 1 aromatic carbocycles. The van der Waals surface area contributed by atoms with Gasteiger partial charge in [-0.05, 0) is 41.6 Å². The van der Waals surface area contributed by atoms with Gasteiger partial charge in [0.15, 0.2) is 8.32 Å². The summed E-state index contributed by atoms with van der Waals surface area (Å²) in [6, 6.07) is 12.1. The minimum Gasteiger partial charge on any atom is -0.416 e. The lowest BCUT2D eigenvalue weighted by molar-refractivity contribution is -0.120. The van der Waals surface area contributed by atoms with E-state index in [-0.39, 0.29) is 17.0 Å². The molecule has 7 heteroatoms. The molecule has 2 unspecified atom stereocenters. The van der Waals surface area contributed by atoms with Crippen LogP contribution >= 0.6 is 0 Å². The van der Waals surface area contributed by atoms with Crippen molar-refractivity contribution in [3.05, 3.63) is 60.7 Å². The zero-order valence-corrected chi connectivity index (χ0v) is 21.2. The third-order valence-electron chi connectivity index (χ3n) is 7.35. The van der Waals surface area contributed by atoms with E-state index in [1.165, 1.54) is 0 Å². The number of nitrogens with one attached hydrogen (secondary N) is 1. The zero-order chi connectivity index (χ0) is 23.9. The molecular formula is C26H34N4O2Si. The predicted octanol–water partition coefficient (Wildman–Crippen LogP) is 4.40. The SMILES string of the molecule is CC(C)(C)[Si](C)(C)OCCNC1CC1(C(N)=O)c1cc2c(-c3ccccc3)cncc2cn1. The van der Waals surface area contributed by atoms with E-state index in [4.69, 9.17) is 10.2 Å². The van der Waals surface area contributed by atoms with Crippen LogP contribution < -0.4 is 11.1 Å². The van der Waals surface area contributed by atoms with Gasteiger partial charge in [0, 0.05) is 48.7 Å². The average Bonchev–Trinajstić information content (AvgIpc) is 3.51. The van der Waals surface area contributed by atoms with Crippen LogP contribution in [0.3, 0.4) is 0 Å². The summed E-state index contributed by atoms with van der Waals surface area (Å²) in [6.07, 6.45) is 6.10. The standard InChI is InChI=1S/C26H34N4O2Si/c1-25(2,3)33(4,5)32-12-11-29-23-14-26(23,24(27)31)22-13-20-19(16-30-22)15-28-17-21(20)18-9-7-6-8-10-18/h6-10,13,15-17,23,29H,11-12,14H2,1-5H3,(H2,27,31). The van der Waals surface area contributed by atoms with E-state index < -0.39 is 13.7 Å². The first-order valence-electron chi connectivity index (χ1n) is 11.5. The number of nitrogens with zero attached hydrogens (tertiary/aromatic N) is 2. The highest BCUT2D eigenvalue weighted by Gasteiger charge is 2.61. The van der Waals surface area contributed by atoms with Crippen LogP contribution in [0.5, 0.6) is 0 Å². The number of nitrogens with two attached hydrogens (primary N) is 1. The number of pyridine rings is 2. The monoisotopic (exact) mass is 462 g/mol. The Kier molecular flexibility index (Phi) is 6.16. The summed E-state index contributed by atoms with van der Waals surface area (Å²) in [6.45, 7) is 12.5. The first kappa shape index (κ1) is 23.5. The number of fused-ring (bicyclic) bond motifs is 1. The molecule has 1 saturated carbocycles. The summed E-state index contributed by atoms with van der Waals surface area (Å²) in [5.41, 5.74) is 7.95. The van der Waals surface area contributed by atoms with E-state index in [9.17, 15) is 4.79 Å². The smallest absolute Gasteiger partial charge is 0.231 e. The van der Waals surface area contributed by atoms with Gasteiger partial charge in [0.2, 0.25) is 5.91 Å².